The molecule has 2 rings (SSSR count). The van der Waals surface area contributed by atoms with Crippen LogP contribution in [0.4, 0.5) is 5.69 Å². The average molecular weight is 237 g/mol. The minimum absolute atomic E-state index is 0.116. The Morgan fingerprint density at radius 2 is 2.44 bits per heavy atom. The van der Waals surface area contributed by atoms with Crippen LogP contribution in [0.2, 0.25) is 0 Å². The molecule has 0 atom stereocenters. The minimum Gasteiger partial charge on any atom is -0.394 e. The monoisotopic (exact) mass is 237 g/mol. The van der Waals surface area contributed by atoms with Crippen LogP contribution in [0.3, 0.4) is 0 Å². The van der Waals surface area contributed by atoms with E-state index in [-0.39, 0.29) is 6.61 Å². The lowest BCUT2D eigenvalue weighted by Crippen LogP contribution is -2.02. The largest absolute Gasteiger partial charge is 0.394 e. The Morgan fingerprint density at radius 1 is 1.56 bits per heavy atom. The SMILES string of the molecule is Cc1ccsc1CNc1cnn(CCO)c1. The first-order valence-electron chi connectivity index (χ1n) is 5.20. The van der Waals surface area contributed by atoms with Gasteiger partial charge in [-0.15, -0.1) is 11.3 Å². The van der Waals surface area contributed by atoms with Gasteiger partial charge in [0.25, 0.3) is 0 Å². The third-order valence-corrected chi connectivity index (χ3v) is 3.41. The number of anilines is 1. The first kappa shape index (κ1) is 11.2. The molecule has 2 aromatic heterocycles. The number of hydrogen-bond donors (Lipinski definition) is 2. The highest BCUT2D eigenvalue weighted by Gasteiger charge is 2.01. The lowest BCUT2D eigenvalue weighted by molar-refractivity contribution is 0.269. The number of nitrogens with one attached hydrogen (secondary N) is 1. The number of rotatable bonds is 5. The molecule has 0 saturated heterocycles. The highest BCUT2D eigenvalue weighted by atomic mass is 32.1. The summed E-state index contributed by atoms with van der Waals surface area (Å²) in [5.41, 5.74) is 2.31. The van der Waals surface area contributed by atoms with Gasteiger partial charge in [-0.05, 0) is 23.9 Å². The Morgan fingerprint density at radius 3 is 3.12 bits per heavy atom. The normalized spacial score (nSPS) is 10.6. The van der Waals surface area contributed by atoms with Crippen LogP contribution < -0.4 is 5.32 Å². The van der Waals surface area contributed by atoms with Gasteiger partial charge in [-0.3, -0.25) is 4.68 Å². The van der Waals surface area contributed by atoms with Crippen molar-refractivity contribution in [3.05, 3.63) is 34.3 Å². The summed E-state index contributed by atoms with van der Waals surface area (Å²) in [5.74, 6) is 0. The summed E-state index contributed by atoms with van der Waals surface area (Å²) in [7, 11) is 0. The molecule has 0 aliphatic rings. The first-order valence-corrected chi connectivity index (χ1v) is 6.07. The van der Waals surface area contributed by atoms with E-state index in [1.54, 1.807) is 22.2 Å². The zero-order valence-corrected chi connectivity index (χ0v) is 10.00. The van der Waals surface area contributed by atoms with Crippen LogP contribution in [0, 0.1) is 6.92 Å². The molecule has 0 spiro atoms. The Bertz CT molecular complexity index is 450. The topological polar surface area (TPSA) is 50.1 Å². The minimum atomic E-state index is 0.116. The second-order valence-corrected chi connectivity index (χ2v) is 4.60. The van der Waals surface area contributed by atoms with Crippen molar-refractivity contribution in [1.29, 1.82) is 0 Å². The molecule has 4 nitrogen and oxygen atoms in total. The Kier molecular flexibility index (Phi) is 3.58. The molecule has 0 unspecified atom stereocenters. The lowest BCUT2D eigenvalue weighted by Gasteiger charge is -2.02. The maximum atomic E-state index is 8.77. The van der Waals surface area contributed by atoms with Crippen LogP contribution >= 0.6 is 11.3 Å². The number of aliphatic hydroxyl groups excluding tert-OH is 1. The molecule has 5 heteroatoms. The fourth-order valence-corrected chi connectivity index (χ4v) is 2.29. The predicted molar refractivity (Wildman–Crippen MR) is 65.7 cm³/mol. The van der Waals surface area contributed by atoms with Gasteiger partial charge in [0.1, 0.15) is 0 Å². The van der Waals surface area contributed by atoms with Crippen LogP contribution in [-0.2, 0) is 13.1 Å². The lowest BCUT2D eigenvalue weighted by atomic mass is 10.3. The quantitative estimate of drug-likeness (QED) is 0.834. The average Bonchev–Trinajstić information content (AvgIpc) is 2.86. The van der Waals surface area contributed by atoms with Crippen molar-refractivity contribution in [2.75, 3.05) is 11.9 Å². The number of hydrogen-bond acceptors (Lipinski definition) is 4. The molecule has 0 bridgehead atoms. The summed E-state index contributed by atoms with van der Waals surface area (Å²) in [4.78, 5) is 1.34. The van der Waals surface area contributed by atoms with E-state index in [0.29, 0.717) is 6.54 Å². The third kappa shape index (κ3) is 2.62. The van der Waals surface area contributed by atoms with Gasteiger partial charge in [-0.1, -0.05) is 0 Å². The van der Waals surface area contributed by atoms with Crippen LogP contribution in [0.25, 0.3) is 0 Å². The smallest absolute Gasteiger partial charge is 0.0729 e. The Balaban J connectivity index is 1.92. The molecule has 16 heavy (non-hydrogen) atoms. The molecule has 2 N–H and O–H groups in total. The van der Waals surface area contributed by atoms with E-state index in [9.17, 15) is 0 Å². The second kappa shape index (κ2) is 5.14. The third-order valence-electron chi connectivity index (χ3n) is 2.38. The molecular weight excluding hydrogens is 222 g/mol. The standard InChI is InChI=1S/C11H15N3OS/c1-9-2-5-16-11(9)7-12-10-6-13-14(8-10)3-4-15/h2,5-6,8,12,15H,3-4,7H2,1H3. The summed E-state index contributed by atoms with van der Waals surface area (Å²) < 4.78 is 1.73. The van der Waals surface area contributed by atoms with Crippen LogP contribution in [0.1, 0.15) is 10.4 Å². The fraction of sp³-hybridized carbons (Fsp3) is 0.364. The summed E-state index contributed by atoms with van der Waals surface area (Å²) in [6, 6.07) is 2.12. The van der Waals surface area contributed by atoms with Gasteiger partial charge in [0.05, 0.1) is 25.0 Å². The van der Waals surface area contributed by atoms with Gasteiger partial charge < -0.3 is 10.4 Å². The van der Waals surface area contributed by atoms with Crippen molar-refractivity contribution in [1.82, 2.24) is 9.78 Å². The Labute approximate surface area is 98.5 Å². The number of nitrogens with zero attached hydrogens (tertiary/aromatic N) is 2. The maximum absolute atomic E-state index is 8.77. The van der Waals surface area contributed by atoms with Crippen molar-refractivity contribution in [3.63, 3.8) is 0 Å². The molecule has 2 heterocycles. The van der Waals surface area contributed by atoms with Gasteiger partial charge >= 0.3 is 0 Å². The van der Waals surface area contributed by atoms with Gasteiger partial charge in [0.15, 0.2) is 0 Å². The molecular formula is C11H15N3OS. The van der Waals surface area contributed by atoms with Crippen LogP contribution in [-0.4, -0.2) is 21.5 Å². The molecule has 0 aliphatic carbocycles. The zero-order valence-electron chi connectivity index (χ0n) is 9.18. The molecule has 0 aliphatic heterocycles. The summed E-state index contributed by atoms with van der Waals surface area (Å²) in [5, 5.41) is 18.3. The van der Waals surface area contributed by atoms with E-state index in [0.717, 1.165) is 12.2 Å². The highest BCUT2D eigenvalue weighted by molar-refractivity contribution is 7.10. The van der Waals surface area contributed by atoms with Crippen molar-refractivity contribution >= 4 is 17.0 Å². The second-order valence-electron chi connectivity index (χ2n) is 3.60. The molecule has 0 aromatic carbocycles. The van der Waals surface area contributed by atoms with E-state index in [2.05, 4.69) is 28.8 Å². The molecule has 2 aromatic rings. The molecule has 86 valence electrons. The van der Waals surface area contributed by atoms with Gasteiger partial charge in [-0.2, -0.15) is 5.10 Å². The van der Waals surface area contributed by atoms with E-state index < -0.39 is 0 Å². The number of aryl methyl sites for hydroxylation is 1. The fourth-order valence-electron chi connectivity index (χ4n) is 1.45. The van der Waals surface area contributed by atoms with Crippen molar-refractivity contribution in [3.8, 4) is 0 Å². The van der Waals surface area contributed by atoms with Gasteiger partial charge in [-0.25, -0.2) is 0 Å². The number of thiophene rings is 1. The molecule has 0 radical (unpaired) electrons. The first-order chi connectivity index (χ1) is 7.79. The summed E-state index contributed by atoms with van der Waals surface area (Å²) in [6.07, 6.45) is 3.68. The van der Waals surface area contributed by atoms with E-state index in [1.165, 1.54) is 10.4 Å². The van der Waals surface area contributed by atoms with Crippen LogP contribution in [0.5, 0.6) is 0 Å². The summed E-state index contributed by atoms with van der Waals surface area (Å²) in [6.45, 7) is 3.60. The van der Waals surface area contributed by atoms with Crippen molar-refractivity contribution in [2.24, 2.45) is 0 Å². The number of aliphatic hydroxyl groups is 1. The molecule has 0 saturated carbocycles. The Hall–Kier alpha value is -1.33. The van der Waals surface area contributed by atoms with E-state index >= 15 is 0 Å². The molecule has 0 amide bonds. The zero-order chi connectivity index (χ0) is 11.4. The maximum Gasteiger partial charge on any atom is 0.0729 e. The van der Waals surface area contributed by atoms with Crippen LogP contribution in [0.15, 0.2) is 23.8 Å². The summed E-state index contributed by atoms with van der Waals surface area (Å²) >= 11 is 1.76. The van der Waals surface area contributed by atoms with E-state index in [1.807, 2.05) is 6.20 Å². The van der Waals surface area contributed by atoms with Crippen molar-refractivity contribution < 1.29 is 5.11 Å². The van der Waals surface area contributed by atoms with E-state index in [4.69, 9.17) is 5.11 Å². The van der Waals surface area contributed by atoms with Crippen molar-refractivity contribution in [2.45, 2.75) is 20.0 Å². The predicted octanol–water partition coefficient (Wildman–Crippen LogP) is 1.86. The number of aromatic nitrogens is 2. The highest BCUT2D eigenvalue weighted by Crippen LogP contribution is 2.17. The molecule has 0 fully saturated rings. The van der Waals surface area contributed by atoms with Gasteiger partial charge in [0, 0.05) is 17.6 Å². The van der Waals surface area contributed by atoms with Gasteiger partial charge in [0.2, 0.25) is 0 Å².